The molecule has 0 aliphatic rings. The van der Waals surface area contributed by atoms with E-state index in [-0.39, 0.29) is 5.97 Å². The Hall–Kier alpha value is -1.60. The number of carbonyl (C=O) groups excluding carboxylic acids is 1. The molecule has 2 nitrogen and oxygen atoms in total. The summed E-state index contributed by atoms with van der Waals surface area (Å²) in [4.78, 5) is 12.4. The molecule has 0 saturated heterocycles. The average Bonchev–Trinajstić information content (AvgIpc) is 2.68. The third-order valence-electron chi connectivity index (χ3n) is 3.92. The molecule has 0 aliphatic heterocycles. The molecule has 0 fully saturated rings. The van der Waals surface area contributed by atoms with E-state index >= 15 is 0 Å². The third-order valence-corrected chi connectivity index (χ3v) is 12.9. The van der Waals surface area contributed by atoms with Crippen molar-refractivity contribution in [2.45, 2.75) is 0 Å². The molecule has 3 aromatic carbocycles. The van der Waals surface area contributed by atoms with Crippen molar-refractivity contribution in [3.8, 4) is 0 Å². The van der Waals surface area contributed by atoms with Gasteiger partial charge in [0.25, 0.3) is 0 Å². The number of rotatable bonds is 5. The van der Waals surface area contributed by atoms with Gasteiger partial charge in [-0.15, -0.1) is 0 Å². The van der Waals surface area contributed by atoms with E-state index in [1.54, 1.807) is 0 Å². The topological polar surface area (TPSA) is 26.3 Å². The summed E-state index contributed by atoms with van der Waals surface area (Å²) >= 11 is -1.46. The molecule has 0 aliphatic carbocycles. The molecule has 0 aromatic heterocycles. The van der Waals surface area contributed by atoms with Crippen molar-refractivity contribution in [2.24, 2.45) is 0 Å². The predicted octanol–water partition coefficient (Wildman–Crippen LogP) is 2.63. The van der Waals surface area contributed by atoms with Crippen LogP contribution in [0.1, 0.15) is 0 Å². The van der Waals surface area contributed by atoms with Gasteiger partial charge in [-0.1, -0.05) is 0 Å². The Kier molecular flexibility index (Phi) is 5.73. The summed E-state index contributed by atoms with van der Waals surface area (Å²) in [5.41, 5.74) is 0. The van der Waals surface area contributed by atoms with Gasteiger partial charge in [0.1, 0.15) is 0 Å². The van der Waals surface area contributed by atoms with Crippen LogP contribution in [0.2, 0.25) is 0 Å². The zero-order valence-electron chi connectivity index (χ0n) is 13.1. The molecule has 0 N–H and O–H groups in total. The van der Waals surface area contributed by atoms with Crippen LogP contribution in [0.25, 0.3) is 0 Å². The summed E-state index contributed by atoms with van der Waals surface area (Å²) in [6.07, 6.45) is 0. The number of hydrogen-bond donors (Lipinski definition) is 0. The molecular formula is C20H17GeIO2. The van der Waals surface area contributed by atoms with Crippen LogP contribution in [0.4, 0.5) is 0 Å². The molecule has 3 rings (SSSR count). The normalized spacial score (nSPS) is 11.0. The Morgan fingerprint density at radius 2 is 1.04 bits per heavy atom. The van der Waals surface area contributed by atoms with Crippen molar-refractivity contribution in [1.82, 2.24) is 0 Å². The first-order chi connectivity index (χ1) is 11.8. The molecule has 3 aromatic rings. The first-order valence-corrected chi connectivity index (χ1v) is 13.2. The van der Waals surface area contributed by atoms with Crippen LogP contribution in [-0.4, -0.2) is 24.0 Å². The van der Waals surface area contributed by atoms with Gasteiger partial charge >= 0.3 is 159 Å². The van der Waals surface area contributed by atoms with Gasteiger partial charge in [0, 0.05) is 0 Å². The second-order valence-electron chi connectivity index (χ2n) is 5.39. The predicted molar refractivity (Wildman–Crippen MR) is 109 cm³/mol. The standard InChI is InChI=1S/C20H17GeIO2/c22-16-20(23)24-21(17-10-4-1-5-11-17,18-12-6-2-7-13-18)19-14-8-3-9-15-19/h1-15H,16H2. The number of carbonyl (C=O) groups is 1. The molecule has 0 bridgehead atoms. The number of halogens is 1. The van der Waals surface area contributed by atoms with Gasteiger partial charge < -0.3 is 0 Å². The van der Waals surface area contributed by atoms with Gasteiger partial charge in [-0.05, 0) is 0 Å². The van der Waals surface area contributed by atoms with Crippen LogP contribution in [0.15, 0.2) is 91.0 Å². The molecule has 120 valence electrons. The van der Waals surface area contributed by atoms with Crippen molar-refractivity contribution < 1.29 is 8.56 Å². The molecule has 0 atom stereocenters. The van der Waals surface area contributed by atoms with E-state index in [2.05, 4.69) is 59.0 Å². The van der Waals surface area contributed by atoms with Gasteiger partial charge in [0.15, 0.2) is 0 Å². The van der Waals surface area contributed by atoms with Crippen molar-refractivity contribution in [3.63, 3.8) is 0 Å². The Morgan fingerprint density at radius 3 is 1.33 bits per heavy atom. The fraction of sp³-hybridized carbons (Fsp3) is 0.0500. The maximum absolute atomic E-state index is 12.4. The summed E-state index contributed by atoms with van der Waals surface area (Å²) in [7, 11) is 0. The van der Waals surface area contributed by atoms with E-state index < -0.39 is 13.6 Å². The Morgan fingerprint density at radius 1 is 0.708 bits per heavy atom. The average molecular weight is 489 g/mol. The second-order valence-corrected chi connectivity index (χ2v) is 13.1. The van der Waals surface area contributed by atoms with Crippen LogP contribution < -0.4 is 13.2 Å². The monoisotopic (exact) mass is 490 g/mol. The van der Waals surface area contributed by atoms with Crippen LogP contribution >= 0.6 is 22.6 Å². The molecule has 0 radical (unpaired) electrons. The molecule has 4 heteroatoms. The van der Waals surface area contributed by atoms with Gasteiger partial charge in [0.2, 0.25) is 0 Å². The third kappa shape index (κ3) is 3.42. The molecular weight excluding hydrogens is 472 g/mol. The molecule has 0 spiro atoms. The van der Waals surface area contributed by atoms with E-state index in [9.17, 15) is 4.79 Å². The Balaban J connectivity index is 2.30. The fourth-order valence-electron chi connectivity index (χ4n) is 2.89. The van der Waals surface area contributed by atoms with Crippen LogP contribution in [-0.2, 0) is 8.56 Å². The van der Waals surface area contributed by atoms with Crippen LogP contribution in [0, 0.1) is 0 Å². The number of benzene rings is 3. The Bertz CT molecular complexity index is 695. The van der Waals surface area contributed by atoms with E-state index in [4.69, 9.17) is 3.76 Å². The molecule has 0 saturated carbocycles. The zero-order chi connectivity index (χ0) is 16.8. The number of hydrogen-bond acceptors (Lipinski definition) is 2. The van der Waals surface area contributed by atoms with Crippen molar-refractivity contribution >= 4 is 55.4 Å². The summed E-state index contributed by atoms with van der Waals surface area (Å²) in [6.45, 7) is 0. The minimum atomic E-state index is -3.53. The summed E-state index contributed by atoms with van der Waals surface area (Å²) in [6, 6.07) is 30.6. The summed E-state index contributed by atoms with van der Waals surface area (Å²) in [5.74, 6) is -0.160. The van der Waals surface area contributed by atoms with E-state index in [1.807, 2.05) is 54.6 Å². The summed E-state index contributed by atoms with van der Waals surface area (Å²) < 4.78 is 9.99. The van der Waals surface area contributed by atoms with E-state index in [0.717, 1.165) is 13.2 Å². The molecule has 0 heterocycles. The Labute approximate surface area is 158 Å². The quantitative estimate of drug-likeness (QED) is 0.314. The minimum absolute atomic E-state index is 0.160. The van der Waals surface area contributed by atoms with Crippen molar-refractivity contribution in [3.05, 3.63) is 91.0 Å². The van der Waals surface area contributed by atoms with Gasteiger partial charge in [0.05, 0.1) is 0 Å². The second kappa shape index (κ2) is 7.99. The van der Waals surface area contributed by atoms with E-state index in [1.165, 1.54) is 0 Å². The molecule has 0 amide bonds. The molecule has 0 unspecified atom stereocenters. The van der Waals surface area contributed by atoms with Gasteiger partial charge in [-0.3, -0.25) is 0 Å². The first kappa shape index (κ1) is 17.2. The van der Waals surface area contributed by atoms with Crippen molar-refractivity contribution in [2.75, 3.05) is 4.43 Å². The first-order valence-electron chi connectivity index (χ1n) is 7.72. The number of alkyl halides is 1. The fourth-order valence-corrected chi connectivity index (χ4v) is 11.5. The SMILES string of the molecule is O=C(CI)[O][Ge]([c]1ccccc1)([c]1ccccc1)[c]1ccccc1. The van der Waals surface area contributed by atoms with Gasteiger partial charge in [-0.2, -0.15) is 0 Å². The summed E-state index contributed by atoms with van der Waals surface area (Å²) in [5, 5.41) is 0. The van der Waals surface area contributed by atoms with Crippen LogP contribution in [0.3, 0.4) is 0 Å². The van der Waals surface area contributed by atoms with Crippen molar-refractivity contribution in [1.29, 1.82) is 0 Å². The zero-order valence-corrected chi connectivity index (χ0v) is 17.3. The maximum atomic E-state index is 12.4. The van der Waals surface area contributed by atoms with Gasteiger partial charge in [-0.25, -0.2) is 0 Å². The van der Waals surface area contributed by atoms with E-state index in [0.29, 0.717) is 4.43 Å². The molecule has 24 heavy (non-hydrogen) atoms. The van der Waals surface area contributed by atoms with Crippen LogP contribution in [0.5, 0.6) is 0 Å².